The van der Waals surface area contributed by atoms with Gasteiger partial charge in [-0.3, -0.25) is 13.9 Å². The third-order valence-corrected chi connectivity index (χ3v) is 6.53. The van der Waals surface area contributed by atoms with E-state index in [0.717, 1.165) is 21.7 Å². The first-order chi connectivity index (χ1) is 15.1. The fourth-order valence-electron chi connectivity index (χ4n) is 3.40. The zero-order valence-corrected chi connectivity index (χ0v) is 20.4. The molecule has 0 unspecified atom stereocenters. The summed E-state index contributed by atoms with van der Waals surface area (Å²) in [6, 6.07) is 13.1. The smallest absolute Gasteiger partial charge is 0.244 e. The minimum Gasteiger partial charge on any atom is -0.355 e. The van der Waals surface area contributed by atoms with Crippen LogP contribution in [-0.4, -0.2) is 50.5 Å². The Balaban J connectivity index is 2.43. The highest BCUT2D eigenvalue weighted by Crippen LogP contribution is 2.22. The van der Waals surface area contributed by atoms with Crippen molar-refractivity contribution in [3.05, 3.63) is 64.7 Å². The van der Waals surface area contributed by atoms with Gasteiger partial charge in [0.25, 0.3) is 0 Å². The zero-order chi connectivity index (χ0) is 23.9. The van der Waals surface area contributed by atoms with E-state index in [2.05, 4.69) is 5.32 Å². The molecule has 0 aliphatic heterocycles. The predicted octanol–water partition coefficient (Wildman–Crippen LogP) is 3.36. The Bertz CT molecular complexity index is 1040. The Labute approximate surface area is 195 Å². The molecule has 2 aromatic rings. The van der Waals surface area contributed by atoms with Crippen LogP contribution in [0.15, 0.2) is 48.5 Å². The lowest BCUT2D eigenvalue weighted by Gasteiger charge is -2.33. The molecule has 0 fully saturated rings. The van der Waals surface area contributed by atoms with Gasteiger partial charge in [-0.25, -0.2) is 8.42 Å². The van der Waals surface area contributed by atoms with Gasteiger partial charge in [0.05, 0.1) is 11.9 Å². The van der Waals surface area contributed by atoms with Crippen molar-refractivity contribution < 1.29 is 18.0 Å². The standard InChI is InChI=1S/C23H30ClN3O4S/c1-5-21(23(29)25-6-2)26(15-18-10-8-7-9-17(18)3)22(28)16-27(32(4,30)31)20-13-11-19(24)12-14-20/h7-14,21H,5-6,15-16H2,1-4H3,(H,25,29)/t21-/m0/s1. The minimum atomic E-state index is -3.76. The number of halogens is 1. The normalized spacial score (nSPS) is 12.2. The SMILES string of the molecule is CCNC(=O)[C@H](CC)N(Cc1ccccc1C)C(=O)CN(c1ccc(Cl)cc1)S(C)(=O)=O. The molecule has 0 saturated carbocycles. The van der Waals surface area contributed by atoms with Crippen molar-refractivity contribution in [2.75, 3.05) is 23.7 Å². The van der Waals surface area contributed by atoms with E-state index in [1.807, 2.05) is 45.0 Å². The Morgan fingerprint density at radius 1 is 1.06 bits per heavy atom. The molecular weight excluding hydrogens is 450 g/mol. The molecule has 32 heavy (non-hydrogen) atoms. The van der Waals surface area contributed by atoms with Gasteiger partial charge < -0.3 is 10.2 Å². The average molecular weight is 480 g/mol. The van der Waals surface area contributed by atoms with Crippen molar-refractivity contribution in [3.63, 3.8) is 0 Å². The van der Waals surface area contributed by atoms with Crippen molar-refractivity contribution in [1.82, 2.24) is 10.2 Å². The van der Waals surface area contributed by atoms with Crippen LogP contribution in [0.25, 0.3) is 0 Å². The van der Waals surface area contributed by atoms with Gasteiger partial charge in [-0.1, -0.05) is 42.8 Å². The molecule has 2 rings (SSSR count). The Kier molecular flexibility index (Phi) is 9.09. The monoisotopic (exact) mass is 479 g/mol. The number of hydrogen-bond donors (Lipinski definition) is 1. The van der Waals surface area contributed by atoms with Crippen LogP contribution in [0.2, 0.25) is 5.02 Å². The van der Waals surface area contributed by atoms with Gasteiger partial charge >= 0.3 is 0 Å². The van der Waals surface area contributed by atoms with Crippen molar-refractivity contribution in [2.24, 2.45) is 0 Å². The van der Waals surface area contributed by atoms with Crippen LogP contribution in [-0.2, 0) is 26.2 Å². The summed E-state index contributed by atoms with van der Waals surface area (Å²) in [5, 5.41) is 3.23. The highest BCUT2D eigenvalue weighted by molar-refractivity contribution is 7.92. The molecule has 2 amide bonds. The van der Waals surface area contributed by atoms with Gasteiger partial charge in [-0.05, 0) is 55.7 Å². The number of amides is 2. The number of benzene rings is 2. The van der Waals surface area contributed by atoms with E-state index < -0.39 is 28.5 Å². The van der Waals surface area contributed by atoms with Crippen molar-refractivity contribution in [2.45, 2.75) is 39.8 Å². The Morgan fingerprint density at radius 3 is 2.22 bits per heavy atom. The number of nitrogens with zero attached hydrogens (tertiary/aromatic N) is 2. The second-order valence-corrected chi connectivity index (χ2v) is 9.86. The molecule has 0 aliphatic rings. The Hall–Kier alpha value is -2.58. The number of hydrogen-bond acceptors (Lipinski definition) is 4. The van der Waals surface area contributed by atoms with Crippen molar-refractivity contribution >= 4 is 39.1 Å². The van der Waals surface area contributed by atoms with Crippen LogP contribution in [0.4, 0.5) is 5.69 Å². The summed E-state index contributed by atoms with van der Waals surface area (Å²) >= 11 is 5.93. The third kappa shape index (κ3) is 6.71. The molecule has 0 radical (unpaired) electrons. The van der Waals surface area contributed by atoms with Crippen LogP contribution in [0.1, 0.15) is 31.4 Å². The lowest BCUT2D eigenvalue weighted by Crippen LogP contribution is -2.52. The summed E-state index contributed by atoms with van der Waals surface area (Å²) in [4.78, 5) is 27.7. The highest BCUT2D eigenvalue weighted by Gasteiger charge is 2.31. The molecule has 0 spiro atoms. The second kappa shape index (κ2) is 11.3. The quantitative estimate of drug-likeness (QED) is 0.566. The average Bonchev–Trinajstić information content (AvgIpc) is 2.73. The summed E-state index contributed by atoms with van der Waals surface area (Å²) in [6.07, 6.45) is 1.44. The molecule has 0 aliphatic carbocycles. The molecule has 9 heteroatoms. The first kappa shape index (κ1) is 25.7. The van der Waals surface area contributed by atoms with Crippen LogP contribution < -0.4 is 9.62 Å². The summed E-state index contributed by atoms with van der Waals surface area (Å²) < 4.78 is 26.0. The number of aryl methyl sites for hydroxylation is 1. The van der Waals surface area contributed by atoms with E-state index >= 15 is 0 Å². The van der Waals surface area contributed by atoms with Gasteiger partial charge in [0.2, 0.25) is 21.8 Å². The van der Waals surface area contributed by atoms with Crippen LogP contribution >= 0.6 is 11.6 Å². The lowest BCUT2D eigenvalue weighted by atomic mass is 10.1. The van der Waals surface area contributed by atoms with Crippen molar-refractivity contribution in [1.29, 1.82) is 0 Å². The van der Waals surface area contributed by atoms with Gasteiger partial charge in [-0.2, -0.15) is 0 Å². The molecule has 0 bridgehead atoms. The number of sulfonamides is 1. The number of anilines is 1. The van der Waals surface area contributed by atoms with Crippen LogP contribution in [0, 0.1) is 6.92 Å². The lowest BCUT2D eigenvalue weighted by molar-refractivity contribution is -0.140. The van der Waals surface area contributed by atoms with E-state index in [4.69, 9.17) is 11.6 Å². The maximum atomic E-state index is 13.5. The minimum absolute atomic E-state index is 0.194. The summed E-state index contributed by atoms with van der Waals surface area (Å²) in [6.45, 7) is 5.76. The van der Waals surface area contributed by atoms with Gasteiger partial charge in [0, 0.05) is 18.1 Å². The molecule has 1 atom stereocenters. The van der Waals surface area contributed by atoms with Crippen LogP contribution in [0.3, 0.4) is 0 Å². The third-order valence-electron chi connectivity index (χ3n) is 5.13. The molecule has 2 aromatic carbocycles. The molecule has 7 nitrogen and oxygen atoms in total. The van der Waals surface area contributed by atoms with E-state index in [1.165, 1.54) is 4.90 Å². The van der Waals surface area contributed by atoms with Gasteiger partial charge in [0.1, 0.15) is 12.6 Å². The maximum absolute atomic E-state index is 13.5. The molecule has 0 aromatic heterocycles. The van der Waals surface area contributed by atoms with Gasteiger partial charge in [-0.15, -0.1) is 0 Å². The topological polar surface area (TPSA) is 86.8 Å². The van der Waals surface area contributed by atoms with E-state index in [9.17, 15) is 18.0 Å². The number of rotatable bonds is 10. The zero-order valence-electron chi connectivity index (χ0n) is 18.8. The number of carbonyl (C=O) groups excluding carboxylic acids is 2. The summed E-state index contributed by atoms with van der Waals surface area (Å²) in [7, 11) is -3.76. The molecule has 174 valence electrons. The highest BCUT2D eigenvalue weighted by atomic mass is 35.5. The molecular formula is C23H30ClN3O4S. The van der Waals surface area contributed by atoms with Crippen molar-refractivity contribution in [3.8, 4) is 0 Å². The van der Waals surface area contributed by atoms with Gasteiger partial charge in [0.15, 0.2) is 0 Å². The molecule has 1 N–H and O–H groups in total. The fourth-order valence-corrected chi connectivity index (χ4v) is 4.38. The fraction of sp³-hybridized carbons (Fsp3) is 0.391. The summed E-state index contributed by atoms with van der Waals surface area (Å²) in [5.41, 5.74) is 2.20. The molecule has 0 heterocycles. The van der Waals surface area contributed by atoms with E-state index in [1.54, 1.807) is 24.3 Å². The largest absolute Gasteiger partial charge is 0.355 e. The first-order valence-electron chi connectivity index (χ1n) is 10.4. The van der Waals surface area contributed by atoms with E-state index in [-0.39, 0.29) is 12.5 Å². The van der Waals surface area contributed by atoms with Crippen LogP contribution in [0.5, 0.6) is 0 Å². The predicted molar refractivity (Wildman–Crippen MR) is 128 cm³/mol. The van der Waals surface area contributed by atoms with E-state index in [0.29, 0.717) is 23.7 Å². The number of carbonyl (C=O) groups is 2. The molecule has 0 saturated heterocycles. The summed E-state index contributed by atoms with van der Waals surface area (Å²) in [5.74, 6) is -0.735. The number of nitrogens with one attached hydrogen (secondary N) is 1. The maximum Gasteiger partial charge on any atom is 0.244 e. The second-order valence-electron chi connectivity index (χ2n) is 7.51. The first-order valence-corrected chi connectivity index (χ1v) is 12.7. The number of likely N-dealkylation sites (N-methyl/N-ethyl adjacent to an activating group) is 1. The Morgan fingerprint density at radius 2 is 1.69 bits per heavy atom.